The van der Waals surface area contributed by atoms with Gasteiger partial charge in [-0.15, -0.1) is 0 Å². The van der Waals surface area contributed by atoms with Gasteiger partial charge in [-0.3, -0.25) is 19.0 Å². The zero-order valence-electron chi connectivity index (χ0n) is 11.2. The number of aryl methyl sites for hydroxylation is 2. The van der Waals surface area contributed by atoms with E-state index in [1.54, 1.807) is 4.68 Å². The summed E-state index contributed by atoms with van der Waals surface area (Å²) in [4.78, 5) is 22.4. The summed E-state index contributed by atoms with van der Waals surface area (Å²) >= 11 is 0. The first-order valence-corrected chi connectivity index (χ1v) is 5.99. The Morgan fingerprint density at radius 3 is 2.70 bits per heavy atom. The van der Waals surface area contributed by atoms with Crippen LogP contribution in [0.15, 0.2) is 18.5 Å². The number of rotatable bonds is 5. The van der Waals surface area contributed by atoms with Crippen molar-refractivity contribution in [1.29, 1.82) is 0 Å². The first-order valence-electron chi connectivity index (χ1n) is 5.99. The number of aromatic nitrogens is 4. The van der Waals surface area contributed by atoms with Gasteiger partial charge in [0.1, 0.15) is 13.1 Å². The number of hydrogen-bond donors (Lipinski definition) is 2. The van der Waals surface area contributed by atoms with Crippen molar-refractivity contribution in [3.05, 3.63) is 29.8 Å². The molecule has 0 unspecified atom stereocenters. The molecule has 0 aliphatic carbocycles. The summed E-state index contributed by atoms with van der Waals surface area (Å²) in [6, 6.07) is 1.89. The summed E-state index contributed by atoms with van der Waals surface area (Å²) in [7, 11) is 0. The van der Waals surface area contributed by atoms with Gasteiger partial charge in [-0.1, -0.05) is 0 Å². The molecular formula is C12H15N5O3. The Kier molecular flexibility index (Phi) is 3.83. The van der Waals surface area contributed by atoms with Crippen molar-refractivity contribution in [2.75, 3.05) is 5.32 Å². The molecule has 2 heterocycles. The van der Waals surface area contributed by atoms with Crippen molar-refractivity contribution in [1.82, 2.24) is 19.6 Å². The monoisotopic (exact) mass is 277 g/mol. The highest BCUT2D eigenvalue weighted by atomic mass is 16.4. The SMILES string of the molecule is Cc1cc(C)n(CC(=O)Nc2cnn(CC(=O)O)c2)n1. The molecule has 2 aromatic rings. The van der Waals surface area contributed by atoms with Gasteiger partial charge in [0, 0.05) is 11.9 Å². The third-order valence-corrected chi connectivity index (χ3v) is 2.61. The number of nitrogens with one attached hydrogen (secondary N) is 1. The lowest BCUT2D eigenvalue weighted by Gasteiger charge is -2.04. The van der Waals surface area contributed by atoms with E-state index in [0.717, 1.165) is 11.4 Å². The van der Waals surface area contributed by atoms with E-state index in [1.807, 2.05) is 19.9 Å². The van der Waals surface area contributed by atoms with E-state index in [9.17, 15) is 9.59 Å². The van der Waals surface area contributed by atoms with Gasteiger partial charge in [0.05, 0.1) is 17.6 Å². The predicted molar refractivity (Wildman–Crippen MR) is 70.2 cm³/mol. The molecule has 2 aromatic heterocycles. The van der Waals surface area contributed by atoms with E-state index in [4.69, 9.17) is 5.11 Å². The van der Waals surface area contributed by atoms with E-state index in [0.29, 0.717) is 5.69 Å². The second-order valence-corrected chi connectivity index (χ2v) is 4.45. The van der Waals surface area contributed by atoms with Crippen LogP contribution in [-0.4, -0.2) is 36.5 Å². The second kappa shape index (κ2) is 5.55. The number of carboxylic acids is 1. The van der Waals surface area contributed by atoms with E-state index in [2.05, 4.69) is 15.5 Å². The number of carbonyl (C=O) groups excluding carboxylic acids is 1. The summed E-state index contributed by atoms with van der Waals surface area (Å²) in [5.41, 5.74) is 2.21. The van der Waals surface area contributed by atoms with Gasteiger partial charge in [0.2, 0.25) is 5.91 Å². The molecule has 8 heteroatoms. The summed E-state index contributed by atoms with van der Waals surface area (Å²) < 4.78 is 2.84. The lowest BCUT2D eigenvalue weighted by Crippen LogP contribution is -2.20. The molecule has 1 amide bonds. The third kappa shape index (κ3) is 3.44. The van der Waals surface area contributed by atoms with E-state index >= 15 is 0 Å². The molecule has 106 valence electrons. The largest absolute Gasteiger partial charge is 0.480 e. The van der Waals surface area contributed by atoms with Crippen LogP contribution in [0, 0.1) is 13.8 Å². The fourth-order valence-electron chi connectivity index (χ4n) is 1.82. The van der Waals surface area contributed by atoms with Crippen molar-refractivity contribution >= 4 is 17.6 Å². The van der Waals surface area contributed by atoms with Crippen LogP contribution in [0.3, 0.4) is 0 Å². The molecule has 0 aromatic carbocycles. The lowest BCUT2D eigenvalue weighted by molar-refractivity contribution is -0.137. The summed E-state index contributed by atoms with van der Waals surface area (Å²) in [6.07, 6.45) is 2.87. The number of aliphatic carboxylic acids is 1. The van der Waals surface area contributed by atoms with Gasteiger partial charge >= 0.3 is 5.97 Å². The number of carbonyl (C=O) groups is 2. The summed E-state index contributed by atoms with van der Waals surface area (Å²) in [5.74, 6) is -1.24. The maximum atomic E-state index is 11.8. The Bertz CT molecular complexity index is 643. The molecule has 2 N–H and O–H groups in total. The molecule has 0 saturated carbocycles. The van der Waals surface area contributed by atoms with Gasteiger partial charge in [-0.05, 0) is 19.9 Å². The Morgan fingerprint density at radius 2 is 2.10 bits per heavy atom. The Morgan fingerprint density at radius 1 is 1.35 bits per heavy atom. The zero-order chi connectivity index (χ0) is 14.7. The van der Waals surface area contributed by atoms with Gasteiger partial charge in [0.25, 0.3) is 0 Å². The highest BCUT2D eigenvalue weighted by Crippen LogP contribution is 2.06. The van der Waals surface area contributed by atoms with Crippen molar-refractivity contribution in [2.24, 2.45) is 0 Å². The zero-order valence-corrected chi connectivity index (χ0v) is 11.2. The number of carboxylic acid groups (broad SMARTS) is 1. The van der Waals surface area contributed by atoms with Gasteiger partial charge in [0.15, 0.2) is 0 Å². The molecule has 0 aliphatic rings. The fourth-order valence-corrected chi connectivity index (χ4v) is 1.82. The molecule has 0 radical (unpaired) electrons. The van der Waals surface area contributed by atoms with Crippen molar-refractivity contribution in [2.45, 2.75) is 26.9 Å². The minimum atomic E-state index is -0.992. The fraction of sp³-hybridized carbons (Fsp3) is 0.333. The van der Waals surface area contributed by atoms with Crippen LogP contribution < -0.4 is 5.32 Å². The minimum absolute atomic E-state index is 0.101. The third-order valence-electron chi connectivity index (χ3n) is 2.61. The van der Waals surface area contributed by atoms with Crippen molar-refractivity contribution < 1.29 is 14.7 Å². The molecule has 0 fully saturated rings. The minimum Gasteiger partial charge on any atom is -0.480 e. The average Bonchev–Trinajstić information content (AvgIpc) is 2.85. The highest BCUT2D eigenvalue weighted by molar-refractivity contribution is 5.90. The standard InChI is InChI=1S/C12H15N5O3/c1-8-3-9(2)17(15-8)6-11(18)14-10-4-13-16(5-10)7-12(19)20/h3-5H,6-7H2,1-2H3,(H,14,18)(H,19,20). The van der Waals surface area contributed by atoms with E-state index in [1.165, 1.54) is 17.1 Å². The first kappa shape index (κ1) is 13.8. The molecule has 0 atom stereocenters. The topological polar surface area (TPSA) is 102 Å². The van der Waals surface area contributed by atoms with Crippen LogP contribution in [-0.2, 0) is 22.7 Å². The van der Waals surface area contributed by atoms with Gasteiger partial charge < -0.3 is 10.4 Å². The quantitative estimate of drug-likeness (QED) is 0.824. The van der Waals surface area contributed by atoms with Crippen LogP contribution in [0.25, 0.3) is 0 Å². The number of amides is 1. The summed E-state index contributed by atoms with van der Waals surface area (Å²) in [6.45, 7) is 3.59. The molecular weight excluding hydrogens is 262 g/mol. The van der Waals surface area contributed by atoms with Crippen molar-refractivity contribution in [3.8, 4) is 0 Å². The number of nitrogens with zero attached hydrogens (tertiary/aromatic N) is 4. The molecule has 0 aliphatic heterocycles. The molecule has 2 rings (SSSR count). The molecule has 8 nitrogen and oxygen atoms in total. The maximum absolute atomic E-state index is 11.8. The second-order valence-electron chi connectivity index (χ2n) is 4.45. The number of hydrogen-bond acceptors (Lipinski definition) is 4. The first-order chi connectivity index (χ1) is 9.44. The van der Waals surface area contributed by atoms with Crippen LogP contribution in [0.4, 0.5) is 5.69 Å². The lowest BCUT2D eigenvalue weighted by atomic mass is 10.4. The van der Waals surface area contributed by atoms with Crippen LogP contribution in [0.5, 0.6) is 0 Å². The van der Waals surface area contributed by atoms with E-state index < -0.39 is 5.97 Å². The maximum Gasteiger partial charge on any atom is 0.325 e. The molecule has 0 saturated heterocycles. The normalized spacial score (nSPS) is 10.5. The molecule has 0 bridgehead atoms. The Labute approximate surface area is 115 Å². The van der Waals surface area contributed by atoms with Crippen molar-refractivity contribution in [3.63, 3.8) is 0 Å². The Hall–Kier alpha value is -2.64. The van der Waals surface area contributed by atoms with Gasteiger partial charge in [-0.25, -0.2) is 0 Å². The smallest absolute Gasteiger partial charge is 0.325 e. The van der Waals surface area contributed by atoms with Crippen LogP contribution >= 0.6 is 0 Å². The molecule has 20 heavy (non-hydrogen) atoms. The number of anilines is 1. The highest BCUT2D eigenvalue weighted by Gasteiger charge is 2.09. The average molecular weight is 277 g/mol. The van der Waals surface area contributed by atoms with Crippen LogP contribution in [0.2, 0.25) is 0 Å². The predicted octanol–water partition coefficient (Wildman–Crippen LogP) is 0.420. The van der Waals surface area contributed by atoms with Crippen LogP contribution in [0.1, 0.15) is 11.4 Å². The van der Waals surface area contributed by atoms with Gasteiger partial charge in [-0.2, -0.15) is 10.2 Å². The Balaban J connectivity index is 1.96. The molecule has 0 spiro atoms. The summed E-state index contributed by atoms with van der Waals surface area (Å²) in [5, 5.41) is 19.3. The van der Waals surface area contributed by atoms with E-state index in [-0.39, 0.29) is 19.0 Å².